The van der Waals surface area contributed by atoms with Gasteiger partial charge in [-0.05, 0) is 74.2 Å². The quantitative estimate of drug-likeness (QED) is 0.465. The molecule has 3 N–H and O–H groups in total. The molecule has 0 aromatic heterocycles. The molecule has 4 fully saturated rings. The maximum atomic E-state index is 11.3. The smallest absolute Gasteiger partial charge is 0.102 e. The fraction of sp³-hybridized carbons (Fsp3) is 0.875. The Morgan fingerprint density at radius 1 is 1.21 bits per heavy atom. The molecule has 0 radical (unpaired) electrons. The summed E-state index contributed by atoms with van der Waals surface area (Å²) >= 11 is 0. The molecule has 1 unspecified atom stereocenters. The monoisotopic (exact) mass is 264 g/mol. The Morgan fingerprint density at radius 3 is 2.05 bits per heavy atom. The van der Waals surface area contributed by atoms with Gasteiger partial charge in [-0.15, -0.1) is 0 Å². The lowest BCUT2D eigenvalue weighted by Gasteiger charge is -2.59. The molecular weight excluding hydrogens is 236 g/mol. The molecule has 0 aromatic carbocycles. The minimum absolute atomic E-state index is 0.379. The van der Waals surface area contributed by atoms with Crippen molar-refractivity contribution in [1.29, 1.82) is 0 Å². The number of hydrogen-bond donors (Lipinski definition) is 2. The highest BCUT2D eigenvalue weighted by Gasteiger charge is 2.55. The van der Waals surface area contributed by atoms with Gasteiger partial charge in [0.25, 0.3) is 0 Å². The number of nitrogens with two attached hydrogens (primary N) is 1. The van der Waals surface area contributed by atoms with E-state index >= 15 is 0 Å². The summed E-state index contributed by atoms with van der Waals surface area (Å²) in [6, 6.07) is 0. The van der Waals surface area contributed by atoms with Crippen molar-refractivity contribution in [3.63, 3.8) is 0 Å². The van der Waals surface area contributed by atoms with Crippen molar-refractivity contribution in [3.8, 4) is 0 Å². The predicted molar refractivity (Wildman–Crippen MR) is 77.1 cm³/mol. The molecule has 3 nitrogen and oxygen atoms in total. The molecule has 108 valence electrons. The summed E-state index contributed by atoms with van der Waals surface area (Å²) in [5, 5.41) is 12.9. The summed E-state index contributed by atoms with van der Waals surface area (Å²) in [4.78, 5) is 0. The molecule has 3 heteroatoms. The molecule has 4 aliphatic carbocycles. The van der Waals surface area contributed by atoms with Gasteiger partial charge in [0.15, 0.2) is 0 Å². The average Bonchev–Trinajstić information content (AvgIpc) is 2.25. The van der Waals surface area contributed by atoms with Crippen LogP contribution in [0.1, 0.15) is 39.0 Å². The second-order valence-electron chi connectivity index (χ2n) is 7.58. The van der Waals surface area contributed by atoms with Gasteiger partial charge < -0.3 is 5.11 Å². The Bertz CT molecular complexity index is 351. The second-order valence-corrected chi connectivity index (χ2v) is 7.58. The summed E-state index contributed by atoms with van der Waals surface area (Å²) in [6.45, 7) is 6.56. The predicted octanol–water partition coefficient (Wildman–Crippen LogP) is 2.17. The Labute approximate surface area is 116 Å². The van der Waals surface area contributed by atoms with E-state index in [4.69, 9.17) is 5.84 Å². The number of rotatable bonds is 4. The van der Waals surface area contributed by atoms with Gasteiger partial charge in [0.05, 0.1) is 0 Å². The zero-order chi connectivity index (χ0) is 13.8. The molecule has 0 amide bonds. The number of likely N-dealkylation sites (N-methyl/N-ethyl adjacent to an activating group) is 1. The van der Waals surface area contributed by atoms with Gasteiger partial charge in [-0.1, -0.05) is 6.58 Å². The van der Waals surface area contributed by atoms with Crippen molar-refractivity contribution in [1.82, 2.24) is 5.01 Å². The standard InChI is InChI=1S/C16H28N2O/c1-10(2)16(19,9-18(3)17)15-13-5-11-4-12(7-13)8-14(15)6-11/h11-15,19H,1,4-9,17H2,2-3H3. The van der Waals surface area contributed by atoms with Gasteiger partial charge in [0.1, 0.15) is 5.60 Å². The highest BCUT2D eigenvalue weighted by molar-refractivity contribution is 5.18. The minimum Gasteiger partial charge on any atom is -0.384 e. The van der Waals surface area contributed by atoms with Gasteiger partial charge in [-0.2, -0.15) is 0 Å². The molecule has 1 atom stereocenters. The molecule has 0 saturated heterocycles. The first-order valence-corrected chi connectivity index (χ1v) is 7.74. The summed E-state index contributed by atoms with van der Waals surface area (Å²) in [5.74, 6) is 9.47. The SMILES string of the molecule is C=C(C)C(O)(CN(C)N)C1C2CC3CC(C2)CC1C3. The zero-order valence-corrected chi connectivity index (χ0v) is 12.3. The van der Waals surface area contributed by atoms with E-state index in [1.165, 1.54) is 32.1 Å². The summed E-state index contributed by atoms with van der Waals surface area (Å²) in [7, 11) is 1.84. The molecule has 0 aliphatic heterocycles. The molecule has 4 aliphatic rings. The molecule has 4 rings (SSSR count). The largest absolute Gasteiger partial charge is 0.384 e. The maximum Gasteiger partial charge on any atom is 0.102 e. The van der Waals surface area contributed by atoms with Gasteiger partial charge >= 0.3 is 0 Å². The lowest BCUT2D eigenvalue weighted by atomic mass is 9.48. The Balaban J connectivity index is 1.88. The molecule has 4 bridgehead atoms. The normalized spacial score (nSPS) is 43.5. The third-order valence-electron chi connectivity index (χ3n) is 6.01. The van der Waals surface area contributed by atoms with E-state index in [2.05, 4.69) is 6.58 Å². The van der Waals surface area contributed by atoms with Crippen LogP contribution in [0.4, 0.5) is 0 Å². The van der Waals surface area contributed by atoms with Crippen molar-refractivity contribution in [2.24, 2.45) is 35.4 Å². The van der Waals surface area contributed by atoms with Crippen molar-refractivity contribution >= 4 is 0 Å². The van der Waals surface area contributed by atoms with Crippen LogP contribution >= 0.6 is 0 Å². The van der Waals surface area contributed by atoms with E-state index in [0.717, 1.165) is 17.4 Å². The van der Waals surface area contributed by atoms with E-state index in [0.29, 0.717) is 24.3 Å². The first-order chi connectivity index (χ1) is 8.90. The Hall–Kier alpha value is -0.380. The maximum absolute atomic E-state index is 11.3. The van der Waals surface area contributed by atoms with Crippen molar-refractivity contribution in [3.05, 3.63) is 12.2 Å². The Kier molecular flexibility index (Phi) is 3.27. The number of hydrogen-bond acceptors (Lipinski definition) is 3. The van der Waals surface area contributed by atoms with Crippen molar-refractivity contribution in [2.75, 3.05) is 13.6 Å². The van der Waals surface area contributed by atoms with Crippen LogP contribution in [0.5, 0.6) is 0 Å². The van der Waals surface area contributed by atoms with Crippen LogP contribution in [0.3, 0.4) is 0 Å². The van der Waals surface area contributed by atoms with Crippen LogP contribution < -0.4 is 5.84 Å². The van der Waals surface area contributed by atoms with E-state index in [-0.39, 0.29) is 0 Å². The lowest BCUT2D eigenvalue weighted by Crippen LogP contribution is -2.59. The van der Waals surface area contributed by atoms with Gasteiger partial charge in [0.2, 0.25) is 0 Å². The number of aliphatic hydroxyl groups is 1. The third kappa shape index (κ3) is 2.16. The minimum atomic E-state index is -0.799. The van der Waals surface area contributed by atoms with E-state index in [9.17, 15) is 5.11 Å². The Morgan fingerprint density at radius 2 is 1.68 bits per heavy atom. The van der Waals surface area contributed by atoms with Crippen molar-refractivity contribution < 1.29 is 5.11 Å². The van der Waals surface area contributed by atoms with Crippen LogP contribution in [0.2, 0.25) is 0 Å². The van der Waals surface area contributed by atoms with Gasteiger partial charge in [-0.3, -0.25) is 5.84 Å². The van der Waals surface area contributed by atoms with Gasteiger partial charge in [-0.25, -0.2) is 5.01 Å². The number of hydrazine groups is 1. The van der Waals surface area contributed by atoms with E-state index < -0.39 is 5.60 Å². The first kappa shape index (κ1) is 13.6. The third-order valence-corrected chi connectivity index (χ3v) is 6.01. The molecule has 0 heterocycles. The molecular formula is C16H28N2O. The summed E-state index contributed by atoms with van der Waals surface area (Å²) in [5.41, 5.74) is 0.0915. The summed E-state index contributed by atoms with van der Waals surface area (Å²) < 4.78 is 0. The topological polar surface area (TPSA) is 49.5 Å². The van der Waals surface area contributed by atoms with Crippen LogP contribution in [0.25, 0.3) is 0 Å². The average molecular weight is 264 g/mol. The van der Waals surface area contributed by atoms with Crippen LogP contribution in [-0.4, -0.2) is 29.3 Å². The summed E-state index contributed by atoms with van der Waals surface area (Å²) in [6.07, 6.45) is 6.73. The fourth-order valence-corrected chi connectivity index (χ4v) is 5.61. The first-order valence-electron chi connectivity index (χ1n) is 7.74. The highest BCUT2D eigenvalue weighted by Crippen LogP contribution is 2.59. The zero-order valence-electron chi connectivity index (χ0n) is 12.3. The molecule has 19 heavy (non-hydrogen) atoms. The fourth-order valence-electron chi connectivity index (χ4n) is 5.61. The lowest BCUT2D eigenvalue weighted by molar-refractivity contribution is -0.133. The highest BCUT2D eigenvalue weighted by atomic mass is 16.3. The van der Waals surface area contributed by atoms with Crippen LogP contribution in [0.15, 0.2) is 12.2 Å². The van der Waals surface area contributed by atoms with Gasteiger partial charge in [0, 0.05) is 13.6 Å². The van der Waals surface area contributed by atoms with Crippen LogP contribution in [0, 0.1) is 29.6 Å². The van der Waals surface area contributed by atoms with E-state index in [1.54, 1.807) is 5.01 Å². The molecule has 0 spiro atoms. The second kappa shape index (κ2) is 4.57. The van der Waals surface area contributed by atoms with E-state index in [1.807, 2.05) is 14.0 Å². The van der Waals surface area contributed by atoms with Crippen molar-refractivity contribution in [2.45, 2.75) is 44.6 Å². The molecule has 4 saturated carbocycles. The van der Waals surface area contributed by atoms with Crippen LogP contribution in [-0.2, 0) is 0 Å². The number of nitrogens with zero attached hydrogens (tertiary/aromatic N) is 1. The molecule has 0 aromatic rings.